The highest BCUT2D eigenvalue weighted by atomic mass is 19.1. The Kier molecular flexibility index (Phi) is 6.46. The Morgan fingerprint density at radius 2 is 1.69 bits per heavy atom. The summed E-state index contributed by atoms with van der Waals surface area (Å²) in [5.41, 5.74) is -0.831. The van der Waals surface area contributed by atoms with Gasteiger partial charge in [0.25, 0.3) is 0 Å². The largest absolute Gasteiger partial charge is 0.466 e. The van der Waals surface area contributed by atoms with Gasteiger partial charge in [-0.1, -0.05) is 48.9 Å². The monoisotopic (exact) mass is 432 g/mol. The molecule has 164 valence electrons. The van der Waals surface area contributed by atoms with Crippen molar-refractivity contribution >= 4 is 11.8 Å². The Labute approximate surface area is 187 Å². The van der Waals surface area contributed by atoms with E-state index in [1.165, 1.54) is 24.3 Å². The van der Waals surface area contributed by atoms with Gasteiger partial charge in [0.15, 0.2) is 11.2 Å². The summed E-state index contributed by atoms with van der Waals surface area (Å²) < 4.78 is 18.7. The van der Waals surface area contributed by atoms with Crippen molar-refractivity contribution in [2.24, 2.45) is 16.7 Å². The average Bonchev–Trinajstić information content (AvgIpc) is 3.03. The van der Waals surface area contributed by atoms with Gasteiger partial charge in [-0.25, -0.2) is 4.39 Å². The molecule has 0 amide bonds. The fourth-order valence-corrected chi connectivity index (χ4v) is 5.06. The van der Waals surface area contributed by atoms with Gasteiger partial charge in [0, 0.05) is 22.8 Å². The van der Waals surface area contributed by atoms with E-state index in [2.05, 4.69) is 12.1 Å². The minimum Gasteiger partial charge on any atom is -0.466 e. The van der Waals surface area contributed by atoms with Crippen molar-refractivity contribution in [3.8, 4) is 12.1 Å². The van der Waals surface area contributed by atoms with E-state index in [0.29, 0.717) is 11.1 Å². The first-order chi connectivity index (χ1) is 15.2. The lowest BCUT2D eigenvalue weighted by atomic mass is 9.63. The van der Waals surface area contributed by atoms with Crippen LogP contribution in [0, 0.1) is 52.2 Å². The van der Waals surface area contributed by atoms with E-state index >= 15 is 0 Å². The lowest BCUT2D eigenvalue weighted by molar-refractivity contribution is -0.144. The van der Waals surface area contributed by atoms with Gasteiger partial charge in [-0.15, -0.1) is 0 Å². The summed E-state index contributed by atoms with van der Waals surface area (Å²) in [4.78, 5) is 26.1. The lowest BCUT2D eigenvalue weighted by Gasteiger charge is -2.34. The highest BCUT2D eigenvalue weighted by Crippen LogP contribution is 2.63. The molecule has 0 aromatic heterocycles. The van der Waals surface area contributed by atoms with E-state index < -0.39 is 34.5 Å². The normalized spacial score (nSPS) is 23.7. The van der Waals surface area contributed by atoms with Gasteiger partial charge in [0.1, 0.15) is 5.82 Å². The number of esters is 1. The molecule has 2 aromatic rings. The molecule has 1 fully saturated rings. The van der Waals surface area contributed by atoms with E-state index in [4.69, 9.17) is 4.74 Å². The first-order valence-corrected chi connectivity index (χ1v) is 10.6. The third-order valence-corrected chi connectivity index (χ3v) is 6.53. The van der Waals surface area contributed by atoms with Crippen LogP contribution in [0.4, 0.5) is 4.39 Å². The molecule has 1 aliphatic rings. The maximum Gasteiger partial charge on any atom is 0.306 e. The van der Waals surface area contributed by atoms with Gasteiger partial charge in [-0.3, -0.25) is 9.59 Å². The first-order valence-electron chi connectivity index (χ1n) is 10.6. The minimum absolute atomic E-state index is 0.149. The molecule has 32 heavy (non-hydrogen) atoms. The summed E-state index contributed by atoms with van der Waals surface area (Å²) >= 11 is 0. The quantitative estimate of drug-likeness (QED) is 0.467. The average molecular weight is 432 g/mol. The number of nitriles is 2. The van der Waals surface area contributed by atoms with Crippen molar-refractivity contribution in [2.45, 2.75) is 39.5 Å². The molecule has 6 heteroatoms. The number of halogens is 1. The van der Waals surface area contributed by atoms with Crippen molar-refractivity contribution in [1.82, 2.24) is 0 Å². The van der Waals surface area contributed by atoms with Crippen LogP contribution in [0.25, 0.3) is 0 Å². The maximum absolute atomic E-state index is 13.8. The van der Waals surface area contributed by atoms with Crippen LogP contribution < -0.4 is 0 Å². The van der Waals surface area contributed by atoms with Gasteiger partial charge in [-0.2, -0.15) is 10.5 Å². The van der Waals surface area contributed by atoms with E-state index in [9.17, 15) is 24.5 Å². The van der Waals surface area contributed by atoms with Crippen LogP contribution in [-0.2, 0) is 9.53 Å². The zero-order valence-corrected chi connectivity index (χ0v) is 18.4. The lowest BCUT2D eigenvalue weighted by Crippen LogP contribution is -2.37. The van der Waals surface area contributed by atoms with Gasteiger partial charge >= 0.3 is 5.97 Å². The molecule has 3 atom stereocenters. The molecular formula is C26H25FN2O3. The van der Waals surface area contributed by atoms with Crippen LogP contribution in [0.3, 0.4) is 0 Å². The summed E-state index contributed by atoms with van der Waals surface area (Å²) in [6.45, 7) is 5.51. The topological polar surface area (TPSA) is 90.9 Å². The smallest absolute Gasteiger partial charge is 0.306 e. The fraction of sp³-hybridized carbons (Fsp3) is 0.385. The SMILES string of the molecule is CCOC(=O)C[C@H]1CC(C)(C(=O)c2ccc(C)cc2)[C@H](c2ccc(F)cc2)C1(C#N)C#N. The third-order valence-electron chi connectivity index (χ3n) is 6.53. The van der Waals surface area contributed by atoms with Crippen molar-refractivity contribution in [3.63, 3.8) is 0 Å². The second kappa shape index (κ2) is 8.93. The predicted molar refractivity (Wildman–Crippen MR) is 116 cm³/mol. The zero-order valence-electron chi connectivity index (χ0n) is 18.4. The summed E-state index contributed by atoms with van der Waals surface area (Å²) in [7, 11) is 0. The number of Topliss-reactive ketones (excluding diaryl/α,β-unsaturated/α-hetero) is 1. The zero-order chi connectivity index (χ0) is 23.5. The highest BCUT2D eigenvalue weighted by molar-refractivity contribution is 6.01. The molecule has 0 N–H and O–H groups in total. The molecule has 0 bridgehead atoms. The molecule has 1 unspecified atom stereocenters. The number of ketones is 1. The van der Waals surface area contributed by atoms with Crippen LogP contribution in [0.5, 0.6) is 0 Å². The fourth-order valence-electron chi connectivity index (χ4n) is 5.06. The molecule has 0 aliphatic heterocycles. The molecule has 0 spiro atoms. The minimum atomic E-state index is -1.65. The Morgan fingerprint density at radius 3 is 2.22 bits per heavy atom. The number of aryl methyl sites for hydroxylation is 1. The summed E-state index contributed by atoms with van der Waals surface area (Å²) in [6.07, 6.45) is 0.00507. The number of nitrogens with zero attached hydrogens (tertiary/aromatic N) is 2. The van der Waals surface area contributed by atoms with E-state index in [0.717, 1.165) is 5.56 Å². The summed E-state index contributed by atoms with van der Waals surface area (Å²) in [5, 5.41) is 20.5. The van der Waals surface area contributed by atoms with Crippen molar-refractivity contribution in [3.05, 3.63) is 71.0 Å². The maximum atomic E-state index is 13.8. The molecule has 2 aromatic carbocycles. The molecule has 3 rings (SSSR count). The molecule has 0 saturated heterocycles. The Hall–Kier alpha value is -3.51. The third kappa shape index (κ3) is 3.89. The molecule has 1 saturated carbocycles. The number of ether oxygens (including phenoxy) is 1. The Bertz CT molecular complexity index is 1080. The second-order valence-electron chi connectivity index (χ2n) is 8.60. The van der Waals surface area contributed by atoms with E-state index in [1.807, 2.05) is 19.1 Å². The van der Waals surface area contributed by atoms with Gasteiger partial charge in [-0.05, 0) is 38.0 Å². The summed E-state index contributed by atoms with van der Waals surface area (Å²) in [6, 6.07) is 16.9. The van der Waals surface area contributed by atoms with Gasteiger partial charge in [0.2, 0.25) is 0 Å². The Balaban J connectivity index is 2.18. The first kappa shape index (κ1) is 23.2. The number of carbonyl (C=O) groups is 2. The summed E-state index contributed by atoms with van der Waals surface area (Å²) in [5.74, 6) is -2.75. The number of benzene rings is 2. The van der Waals surface area contributed by atoms with Crippen LogP contribution in [-0.4, -0.2) is 18.4 Å². The van der Waals surface area contributed by atoms with Crippen LogP contribution in [0.2, 0.25) is 0 Å². The molecule has 5 nitrogen and oxygen atoms in total. The standard InChI is InChI=1S/C26H25FN2O3/c1-4-32-22(30)13-20-14-25(3,24(31)19-7-5-17(2)6-8-19)23(26(20,15-28)16-29)18-9-11-21(27)12-10-18/h5-12,20,23H,4,13-14H2,1-3H3/t20-,23-,25?/m0/s1. The number of carbonyl (C=O) groups excluding carboxylic acids is 2. The molecule has 0 radical (unpaired) electrons. The van der Waals surface area contributed by atoms with Crippen molar-refractivity contribution in [2.75, 3.05) is 6.61 Å². The van der Waals surface area contributed by atoms with E-state index in [-0.39, 0.29) is 25.2 Å². The molecular weight excluding hydrogens is 407 g/mol. The number of hydrogen-bond donors (Lipinski definition) is 0. The van der Waals surface area contributed by atoms with Gasteiger partial charge in [0.05, 0.1) is 25.2 Å². The van der Waals surface area contributed by atoms with E-state index in [1.54, 1.807) is 26.0 Å². The number of rotatable bonds is 6. The van der Waals surface area contributed by atoms with Gasteiger partial charge < -0.3 is 4.74 Å². The second-order valence-corrected chi connectivity index (χ2v) is 8.60. The number of hydrogen-bond acceptors (Lipinski definition) is 5. The van der Waals surface area contributed by atoms with Crippen LogP contribution in [0.15, 0.2) is 48.5 Å². The van der Waals surface area contributed by atoms with Crippen LogP contribution >= 0.6 is 0 Å². The Morgan fingerprint density at radius 1 is 1.09 bits per heavy atom. The van der Waals surface area contributed by atoms with Crippen molar-refractivity contribution in [1.29, 1.82) is 10.5 Å². The molecule has 1 aliphatic carbocycles. The highest BCUT2D eigenvalue weighted by Gasteiger charge is 2.65. The van der Waals surface area contributed by atoms with Crippen LogP contribution in [0.1, 0.15) is 54.1 Å². The van der Waals surface area contributed by atoms with Crippen molar-refractivity contribution < 1.29 is 18.7 Å². The predicted octanol–water partition coefficient (Wildman–Crippen LogP) is 5.11. The molecule has 0 heterocycles.